The third kappa shape index (κ3) is 23.7. The molecule has 0 unspecified atom stereocenters. The van der Waals surface area contributed by atoms with Crippen molar-refractivity contribution >= 4 is 130 Å². The van der Waals surface area contributed by atoms with Crippen LogP contribution in [0.1, 0.15) is 141 Å². The van der Waals surface area contributed by atoms with Crippen LogP contribution in [0.3, 0.4) is 0 Å². The van der Waals surface area contributed by atoms with Crippen molar-refractivity contribution in [3.8, 4) is 33.4 Å². The molecule has 12 heterocycles. The molecule has 9 aromatic heterocycles. The minimum Gasteiger partial charge on any atom is -0.369 e. The minimum atomic E-state index is -2.97. The Hall–Kier alpha value is -12.0. The molecule has 702 valence electrons. The molecule has 0 bridgehead atoms. The topological polar surface area (TPSA) is 282 Å². The highest BCUT2D eigenvalue weighted by molar-refractivity contribution is 7.90. The largest absolute Gasteiger partial charge is 0.369 e. The highest BCUT2D eigenvalue weighted by atomic mass is 32.2. The van der Waals surface area contributed by atoms with Crippen LogP contribution in [0, 0.1) is 20.8 Å². The zero-order chi connectivity index (χ0) is 93.7. The molecule has 0 atom stereocenters. The number of benzene rings is 3. The molecule has 3 aliphatic heterocycles. The second-order valence-corrected chi connectivity index (χ2v) is 41.7. The standard InChI is InChI=1S/C35H42N6O4S2.C34H39FN6O2S.C34H40N6O2S/c1-24-28(9-7-10-29(24)38-34(42)32-21-25-8-5-4-6-11-31(25)46-32)26-20-30(35(43)39(2)23-26)37-33-13-12-27(22-36-33)41-16-14-40(15-17-41)18-19-47(3,44)45;1-23-27(8-6-9-28(23)38-33(42)31-20-24-7-4-3-5-10-30(24)44-31)25-19-29(34(43)39(2)22-25)37-32-12-11-26(21-36-32)41-17-15-40(14-13-35)16-18-41;1-23-27(10-7-11-28(23)37-33(41)31-20-24-9-5-4-6-12-30(24)43-31)25-19-29(34(42)39(3)22-25)36-32-14-13-26(21-35-32)40-16-8-15-38(2)17-18-40/h7,9-10,12-13,20-23H,4-6,8,11,14-19H2,1-3H3,(H,36,37)(H,38,42);6,8-9,11-12,19-22H,3-5,7,10,13-18H2,1-2H3,(H,36,37)(H,38,42);7,10-11,13-14,19-22H,4-6,8-9,12,15-18H2,1-3H3,(H,35,36)(H,37,41). The minimum absolute atomic E-state index is 0.0668. The van der Waals surface area contributed by atoms with E-state index in [9.17, 15) is 41.6 Å². The van der Waals surface area contributed by atoms with Gasteiger partial charge in [0.05, 0.1) is 56.0 Å². The fraction of sp³-hybridized carbons (Fsp3) is 0.388. The van der Waals surface area contributed by atoms with Gasteiger partial charge in [0.25, 0.3) is 34.4 Å². The molecule has 3 amide bonds. The van der Waals surface area contributed by atoms with Crippen molar-refractivity contribution in [1.29, 1.82) is 0 Å². The molecule has 134 heavy (non-hydrogen) atoms. The number of nitrogens with zero attached hydrogens (tertiary/aromatic N) is 12. The van der Waals surface area contributed by atoms with Gasteiger partial charge in [0.2, 0.25) is 0 Å². The van der Waals surface area contributed by atoms with Gasteiger partial charge in [-0.05, 0) is 259 Å². The first-order chi connectivity index (χ1) is 64.8. The van der Waals surface area contributed by atoms with Gasteiger partial charge in [-0.3, -0.25) is 38.6 Å². The number of thiophene rings is 3. The molecular weight excluding hydrogens is 1760 g/mol. The summed E-state index contributed by atoms with van der Waals surface area (Å²) in [6.07, 6.45) is 30.6. The van der Waals surface area contributed by atoms with Gasteiger partial charge in [-0.2, -0.15) is 0 Å². The summed E-state index contributed by atoms with van der Waals surface area (Å²) < 4.78 is 40.4. The van der Waals surface area contributed by atoms with Crippen LogP contribution in [0.4, 0.5) is 73.0 Å². The summed E-state index contributed by atoms with van der Waals surface area (Å²) in [7, 11) is 4.40. The molecule has 3 aromatic carbocycles. The normalized spacial score (nSPS) is 15.6. The van der Waals surface area contributed by atoms with Crippen molar-refractivity contribution < 1.29 is 27.2 Å². The number of piperazine rings is 2. The Labute approximate surface area is 795 Å². The number of alkyl halides is 1. The van der Waals surface area contributed by atoms with Crippen molar-refractivity contribution in [2.45, 2.75) is 124 Å². The van der Waals surface area contributed by atoms with E-state index in [-0.39, 0.29) is 46.8 Å². The second kappa shape index (κ2) is 43.6. The summed E-state index contributed by atoms with van der Waals surface area (Å²) >= 11 is 4.86. The SMILES string of the molecule is Cc1c(NC(=O)c2cc3c(s2)CCCCC3)cccc1-c1cc(Nc2ccc(N3CCCN(C)CC3)cn2)c(=O)n(C)c1.Cc1c(NC(=O)c2cc3c(s2)CCCCC3)cccc1-c1cc(Nc2ccc(N3CCN(CCF)CC3)cn2)c(=O)n(C)c1.Cc1c(NC(=O)c2cc3c(s2)CCCCC3)cccc1-c1cc(Nc2ccc(N3CCN(CCS(C)(=O)=O)CC3)cn2)c(=O)n(C)c1. The number of hydrogen-bond donors (Lipinski definition) is 6. The van der Waals surface area contributed by atoms with Crippen LogP contribution < -0.4 is 63.3 Å². The Balaban J connectivity index is 0.000000146. The predicted molar refractivity (Wildman–Crippen MR) is 546 cm³/mol. The van der Waals surface area contributed by atoms with Gasteiger partial charge in [-0.25, -0.2) is 27.8 Å². The molecule has 6 N–H and O–H groups in total. The summed E-state index contributed by atoms with van der Waals surface area (Å²) in [4.78, 5) is 113. The third-order valence-corrected chi connectivity index (χ3v) is 31.0. The monoisotopic (exact) mass is 1880 g/mol. The molecular formula is C103H121FN18O8S4. The summed E-state index contributed by atoms with van der Waals surface area (Å²) in [6.45, 7) is 17.3. The number of aromatic nitrogens is 6. The highest BCUT2D eigenvalue weighted by Gasteiger charge is 2.27. The first-order valence-corrected chi connectivity index (χ1v) is 51.3. The number of amides is 3. The number of fused-ring (bicyclic) bond motifs is 3. The smallest absolute Gasteiger partial charge is 0.274 e. The molecule has 3 aliphatic carbocycles. The Morgan fingerprint density at radius 2 is 0.709 bits per heavy atom. The van der Waals surface area contributed by atoms with E-state index in [2.05, 4.69) is 108 Å². The summed E-state index contributed by atoms with van der Waals surface area (Å²) in [5.74, 6) is 1.69. The summed E-state index contributed by atoms with van der Waals surface area (Å²) in [5, 5.41) is 19.1. The number of nitrogens with one attached hydrogen (secondary N) is 6. The van der Waals surface area contributed by atoms with E-state index in [0.29, 0.717) is 47.6 Å². The van der Waals surface area contributed by atoms with Gasteiger partial charge in [0.1, 0.15) is 51.0 Å². The number of pyridine rings is 6. The van der Waals surface area contributed by atoms with Crippen LogP contribution in [0.2, 0.25) is 0 Å². The van der Waals surface area contributed by atoms with E-state index in [1.165, 1.54) is 95.4 Å². The number of anilines is 12. The zero-order valence-corrected chi connectivity index (χ0v) is 81.1. The van der Waals surface area contributed by atoms with E-state index in [1.54, 1.807) is 75.1 Å². The lowest BCUT2D eigenvalue weighted by Crippen LogP contribution is -2.47. The predicted octanol–water partition coefficient (Wildman–Crippen LogP) is 17.6. The fourth-order valence-electron chi connectivity index (χ4n) is 18.5. The van der Waals surface area contributed by atoms with Crippen molar-refractivity contribution in [2.24, 2.45) is 21.1 Å². The molecule has 12 aromatic rings. The van der Waals surface area contributed by atoms with Gasteiger partial charge in [-0.1, -0.05) is 55.7 Å². The van der Waals surface area contributed by atoms with Crippen LogP contribution in [-0.4, -0.2) is 187 Å². The Kier molecular flexibility index (Phi) is 31.0. The molecule has 0 spiro atoms. The number of halogens is 1. The maximum Gasteiger partial charge on any atom is 0.274 e. The van der Waals surface area contributed by atoms with Crippen LogP contribution in [0.15, 0.2) is 179 Å². The molecule has 6 aliphatic rings. The molecule has 0 saturated carbocycles. The van der Waals surface area contributed by atoms with Gasteiger partial charge < -0.3 is 65.2 Å². The van der Waals surface area contributed by atoms with Crippen LogP contribution >= 0.6 is 34.0 Å². The Morgan fingerprint density at radius 1 is 0.381 bits per heavy atom. The first-order valence-electron chi connectivity index (χ1n) is 46.8. The lowest BCUT2D eigenvalue weighted by molar-refractivity contribution is 0.102. The zero-order valence-electron chi connectivity index (χ0n) is 77.9. The Bertz CT molecular complexity index is 6460. The quantitative estimate of drug-likeness (QED) is 0.0325. The van der Waals surface area contributed by atoms with Crippen LogP contribution in [-0.2, 0) is 69.5 Å². The maximum atomic E-state index is 13.3. The summed E-state index contributed by atoms with van der Waals surface area (Å²) in [5.41, 5.74) is 18.3. The molecule has 18 rings (SSSR count). The van der Waals surface area contributed by atoms with Gasteiger partial charge in [0, 0.05) is 179 Å². The molecule has 26 nitrogen and oxygen atoms in total. The van der Waals surface area contributed by atoms with E-state index < -0.39 is 9.84 Å². The number of sulfone groups is 1. The van der Waals surface area contributed by atoms with Crippen LogP contribution in [0.25, 0.3) is 33.4 Å². The number of hydrogen-bond acceptors (Lipinski definition) is 23. The number of carbonyl (C=O) groups is 3. The van der Waals surface area contributed by atoms with E-state index in [1.807, 2.05) is 155 Å². The maximum absolute atomic E-state index is 13.3. The average Bonchev–Trinajstić information content (AvgIpc) is 0.890. The summed E-state index contributed by atoms with van der Waals surface area (Å²) in [6, 6.07) is 41.1. The number of aryl methyl sites for hydroxylation is 9. The van der Waals surface area contributed by atoms with E-state index in [0.717, 1.165) is 222 Å². The number of likely N-dealkylation sites (N-methyl/N-ethyl adjacent to an activating group) is 1. The van der Waals surface area contributed by atoms with Crippen molar-refractivity contribution in [3.05, 3.63) is 258 Å². The second-order valence-electron chi connectivity index (χ2n) is 36.0. The first kappa shape index (κ1) is 95.2. The van der Waals surface area contributed by atoms with Gasteiger partial charge in [-0.15, -0.1) is 34.0 Å². The lowest BCUT2D eigenvalue weighted by Gasteiger charge is -2.35. The van der Waals surface area contributed by atoms with Crippen molar-refractivity contribution in [3.63, 3.8) is 0 Å². The third-order valence-electron chi connectivity index (χ3n) is 26.4. The van der Waals surface area contributed by atoms with Gasteiger partial charge >= 0.3 is 0 Å². The van der Waals surface area contributed by atoms with E-state index >= 15 is 0 Å². The van der Waals surface area contributed by atoms with Crippen molar-refractivity contribution in [1.82, 2.24) is 43.4 Å². The number of rotatable bonds is 23. The molecule has 31 heteroatoms. The Morgan fingerprint density at radius 3 is 1.04 bits per heavy atom. The average molecular weight is 1890 g/mol. The van der Waals surface area contributed by atoms with Crippen LogP contribution in [0.5, 0.6) is 0 Å². The molecule has 3 fully saturated rings. The molecule has 3 saturated heterocycles. The molecule has 0 radical (unpaired) electrons. The highest BCUT2D eigenvalue weighted by Crippen LogP contribution is 2.39. The lowest BCUT2D eigenvalue weighted by atomic mass is 10.00. The number of carbonyl (C=O) groups excluding carboxylic acids is 3. The van der Waals surface area contributed by atoms with E-state index in [4.69, 9.17) is 0 Å². The fourth-order valence-corrected chi connectivity index (χ4v) is 22.6. The van der Waals surface area contributed by atoms with Gasteiger partial charge in [0.15, 0.2) is 0 Å². The van der Waals surface area contributed by atoms with Crippen molar-refractivity contribution in [2.75, 3.05) is 164 Å².